The molecule has 1 fully saturated rings. The van der Waals surface area contributed by atoms with Crippen LogP contribution in [0.1, 0.15) is 37.9 Å². The van der Waals surface area contributed by atoms with Crippen LogP contribution in [-0.2, 0) is 17.8 Å². The Balaban J connectivity index is 1.98. The Labute approximate surface area is 219 Å². The Morgan fingerprint density at radius 1 is 1.32 bits per heavy atom. The summed E-state index contributed by atoms with van der Waals surface area (Å²) < 4.78 is 7.60. The first-order chi connectivity index (χ1) is 17.9. The van der Waals surface area contributed by atoms with Crippen LogP contribution in [0.25, 0.3) is 16.7 Å². The van der Waals surface area contributed by atoms with Crippen molar-refractivity contribution < 1.29 is 9.53 Å². The number of hydrogen-bond acceptors (Lipinski definition) is 7. The summed E-state index contributed by atoms with van der Waals surface area (Å²) in [6.07, 6.45) is 7.01. The number of nitrogens with zero attached hydrogens (tertiary/aromatic N) is 6. The van der Waals surface area contributed by atoms with Crippen molar-refractivity contribution in [2.75, 3.05) is 20.7 Å². The standard InChI is InChI=1S/C27H34N7O2P/c1-5-17-11-20(36-4)12-22(26(17)37)31-24-9-8-21-27(32-23(15-30-21)18(13-28)14-29-3)34(24)16-19-7-10-25(35)33(19)6-2/h8-9,11-15,19H,5-7,10,16,28,37H2,1-4H3. The molecule has 3 heterocycles. The molecule has 2 aromatic heterocycles. The third kappa shape index (κ3) is 5.42. The molecule has 1 aromatic carbocycles. The van der Waals surface area contributed by atoms with Crippen molar-refractivity contribution in [1.82, 2.24) is 19.4 Å². The third-order valence-corrected chi connectivity index (χ3v) is 7.37. The molecule has 3 aromatic rings. The number of pyridine rings is 1. The molecule has 9 nitrogen and oxygen atoms in total. The van der Waals surface area contributed by atoms with Gasteiger partial charge in [0.25, 0.3) is 0 Å². The van der Waals surface area contributed by atoms with Gasteiger partial charge in [-0.15, -0.1) is 9.24 Å². The van der Waals surface area contributed by atoms with Crippen molar-refractivity contribution >= 4 is 49.1 Å². The first kappa shape index (κ1) is 26.5. The second-order valence-electron chi connectivity index (χ2n) is 8.83. The lowest BCUT2D eigenvalue weighted by atomic mass is 10.1. The molecule has 0 aliphatic carbocycles. The number of aryl methyl sites for hydroxylation is 1. The molecule has 10 heteroatoms. The van der Waals surface area contributed by atoms with Crippen LogP contribution in [0.4, 0.5) is 5.69 Å². The number of ether oxygens (including phenoxy) is 1. The molecular formula is C27H34N7O2P. The Hall–Kier alpha value is -3.58. The highest BCUT2D eigenvalue weighted by molar-refractivity contribution is 7.28. The van der Waals surface area contributed by atoms with Gasteiger partial charge in [-0.25, -0.2) is 9.98 Å². The highest BCUT2D eigenvalue weighted by Gasteiger charge is 2.30. The van der Waals surface area contributed by atoms with E-state index >= 15 is 0 Å². The van der Waals surface area contributed by atoms with Gasteiger partial charge in [-0.3, -0.25) is 14.8 Å². The van der Waals surface area contributed by atoms with Gasteiger partial charge in [0.1, 0.15) is 16.8 Å². The molecule has 0 spiro atoms. The molecular weight excluding hydrogens is 485 g/mol. The summed E-state index contributed by atoms with van der Waals surface area (Å²) >= 11 is 0. The lowest BCUT2D eigenvalue weighted by Crippen LogP contribution is -2.38. The summed E-state index contributed by atoms with van der Waals surface area (Å²) in [6, 6.07) is 7.88. The van der Waals surface area contributed by atoms with E-state index in [9.17, 15) is 4.79 Å². The van der Waals surface area contributed by atoms with Gasteiger partial charge in [-0.2, -0.15) is 0 Å². The minimum Gasteiger partial charge on any atom is -0.497 e. The Kier molecular flexibility index (Phi) is 8.34. The Morgan fingerprint density at radius 3 is 2.81 bits per heavy atom. The molecule has 1 amide bonds. The number of carbonyl (C=O) groups excluding carboxylic acids is 1. The van der Waals surface area contributed by atoms with Crippen molar-refractivity contribution in [1.29, 1.82) is 0 Å². The second kappa shape index (κ2) is 11.6. The van der Waals surface area contributed by atoms with E-state index in [-0.39, 0.29) is 11.9 Å². The maximum absolute atomic E-state index is 12.5. The third-order valence-electron chi connectivity index (χ3n) is 6.70. The highest BCUT2D eigenvalue weighted by atomic mass is 31.0. The van der Waals surface area contributed by atoms with E-state index in [2.05, 4.69) is 30.7 Å². The zero-order valence-corrected chi connectivity index (χ0v) is 23.0. The number of benzene rings is 1. The van der Waals surface area contributed by atoms with Crippen LogP contribution in [0.2, 0.25) is 0 Å². The van der Waals surface area contributed by atoms with Gasteiger partial charge in [0, 0.05) is 50.6 Å². The number of carbonyl (C=O) groups is 1. The molecule has 0 radical (unpaired) electrons. The Morgan fingerprint density at radius 2 is 2.14 bits per heavy atom. The first-order valence-corrected chi connectivity index (χ1v) is 13.0. The summed E-state index contributed by atoms with van der Waals surface area (Å²) in [6.45, 7) is 5.34. The van der Waals surface area contributed by atoms with Crippen molar-refractivity contribution in [3.8, 4) is 5.75 Å². The first-order valence-electron chi connectivity index (χ1n) is 12.5. The SMILES string of the molecule is CCc1cc(OC)cc(N=c2ccc3ncc(C(C=NC)=CN)nc3n2CC2CCC(=O)N2CC)c1P. The fraction of sp³-hybridized carbons (Fsp3) is 0.370. The van der Waals surface area contributed by atoms with Gasteiger partial charge in [0.15, 0.2) is 5.65 Å². The van der Waals surface area contributed by atoms with E-state index in [1.54, 1.807) is 26.6 Å². The number of rotatable bonds is 8. The normalized spacial score (nSPS) is 16.9. The lowest BCUT2D eigenvalue weighted by Gasteiger charge is -2.25. The summed E-state index contributed by atoms with van der Waals surface area (Å²) in [7, 11) is 6.16. The van der Waals surface area contributed by atoms with E-state index in [4.69, 9.17) is 20.4 Å². The molecule has 37 heavy (non-hydrogen) atoms. The van der Waals surface area contributed by atoms with Crippen LogP contribution in [0.3, 0.4) is 0 Å². The van der Waals surface area contributed by atoms with Crippen molar-refractivity contribution in [3.05, 3.63) is 53.4 Å². The molecule has 0 saturated carbocycles. The Bertz CT molecular complexity index is 1440. The number of likely N-dealkylation sites (N-methyl/N-ethyl adjacent to an activating group) is 1. The topological polar surface area (TPSA) is 111 Å². The van der Waals surface area contributed by atoms with Crippen LogP contribution in [0.15, 0.2) is 46.6 Å². The summed E-state index contributed by atoms with van der Waals surface area (Å²) in [5.41, 5.74) is 11.2. The molecule has 194 valence electrons. The van der Waals surface area contributed by atoms with Crippen LogP contribution in [0, 0.1) is 0 Å². The van der Waals surface area contributed by atoms with Crippen LogP contribution < -0.4 is 21.3 Å². The number of methoxy groups -OCH3 is 1. The maximum Gasteiger partial charge on any atom is 0.222 e. The van der Waals surface area contributed by atoms with Crippen molar-refractivity contribution in [2.45, 2.75) is 45.7 Å². The number of aliphatic imine (C=N–C) groups is 1. The molecule has 1 aliphatic rings. The maximum atomic E-state index is 12.5. The van der Waals surface area contributed by atoms with E-state index in [1.165, 1.54) is 6.20 Å². The van der Waals surface area contributed by atoms with Gasteiger partial charge in [-0.1, -0.05) is 6.92 Å². The number of aromatic nitrogens is 3. The molecule has 2 atom stereocenters. The minimum absolute atomic E-state index is 0.0428. The molecule has 1 aliphatic heterocycles. The number of amides is 1. The number of likely N-dealkylation sites (tertiary alicyclic amines) is 1. The fourth-order valence-corrected chi connectivity index (χ4v) is 5.17. The van der Waals surface area contributed by atoms with Crippen molar-refractivity contribution in [2.24, 2.45) is 15.7 Å². The highest BCUT2D eigenvalue weighted by Crippen LogP contribution is 2.25. The molecule has 2 N–H and O–H groups in total. The minimum atomic E-state index is 0.0428. The number of hydrogen-bond donors (Lipinski definition) is 1. The monoisotopic (exact) mass is 519 g/mol. The predicted octanol–water partition coefficient (Wildman–Crippen LogP) is 2.75. The van der Waals surface area contributed by atoms with E-state index in [0.29, 0.717) is 36.4 Å². The summed E-state index contributed by atoms with van der Waals surface area (Å²) in [5.74, 6) is 0.935. The summed E-state index contributed by atoms with van der Waals surface area (Å²) in [4.78, 5) is 33.2. The molecule has 4 rings (SSSR count). The van der Waals surface area contributed by atoms with Gasteiger partial charge >= 0.3 is 0 Å². The average molecular weight is 520 g/mol. The van der Waals surface area contributed by atoms with Gasteiger partial charge in [-0.05, 0) is 48.8 Å². The largest absolute Gasteiger partial charge is 0.497 e. The zero-order chi connectivity index (χ0) is 26.5. The smallest absolute Gasteiger partial charge is 0.222 e. The van der Waals surface area contributed by atoms with Gasteiger partial charge in [0.2, 0.25) is 5.91 Å². The zero-order valence-electron chi connectivity index (χ0n) is 21.8. The molecule has 2 unspecified atom stereocenters. The molecule has 1 saturated heterocycles. The van der Waals surface area contributed by atoms with Crippen LogP contribution >= 0.6 is 9.24 Å². The van der Waals surface area contributed by atoms with Crippen LogP contribution in [-0.4, -0.2) is 58.3 Å². The average Bonchev–Trinajstić information content (AvgIpc) is 3.27. The fourth-order valence-electron chi connectivity index (χ4n) is 4.73. The summed E-state index contributed by atoms with van der Waals surface area (Å²) in [5, 5.41) is 1.02. The van der Waals surface area contributed by atoms with Crippen LogP contribution in [0.5, 0.6) is 5.75 Å². The molecule has 0 bridgehead atoms. The lowest BCUT2D eigenvalue weighted by molar-refractivity contribution is -0.128. The van der Waals surface area contributed by atoms with E-state index in [0.717, 1.165) is 46.2 Å². The second-order valence-corrected chi connectivity index (χ2v) is 9.41. The van der Waals surface area contributed by atoms with E-state index < -0.39 is 0 Å². The van der Waals surface area contributed by atoms with Gasteiger partial charge < -0.3 is 19.9 Å². The predicted molar refractivity (Wildman–Crippen MR) is 151 cm³/mol. The number of nitrogens with two attached hydrogens (primary N) is 1. The van der Waals surface area contributed by atoms with E-state index in [1.807, 2.05) is 36.1 Å². The quantitative estimate of drug-likeness (QED) is 0.363. The number of fused-ring (bicyclic) bond motifs is 1. The number of allylic oxidation sites excluding steroid dienone is 1. The van der Waals surface area contributed by atoms with Crippen molar-refractivity contribution in [3.63, 3.8) is 0 Å². The van der Waals surface area contributed by atoms with Gasteiger partial charge in [0.05, 0.1) is 30.7 Å².